The summed E-state index contributed by atoms with van der Waals surface area (Å²) < 4.78 is 54.9. The molecular weight excluding hydrogens is 506 g/mol. The molecule has 34 heavy (non-hydrogen) atoms. The van der Waals surface area contributed by atoms with Gasteiger partial charge in [0.2, 0.25) is 10.0 Å². The van der Waals surface area contributed by atoms with Crippen molar-refractivity contribution in [1.29, 1.82) is 0 Å². The van der Waals surface area contributed by atoms with E-state index in [1.807, 2.05) is 19.0 Å². The lowest BCUT2D eigenvalue weighted by Crippen LogP contribution is -2.36. The maximum Gasteiger partial charge on any atom is 0.260 e. The topological polar surface area (TPSA) is 73.8 Å². The third-order valence-electron chi connectivity index (χ3n) is 5.09. The number of thiazole rings is 1. The lowest BCUT2D eigenvalue weighted by atomic mass is 10.2. The highest BCUT2D eigenvalue weighted by atomic mass is 35.5. The predicted molar refractivity (Wildman–Crippen MR) is 134 cm³/mol. The van der Waals surface area contributed by atoms with E-state index in [4.69, 9.17) is 0 Å². The van der Waals surface area contributed by atoms with E-state index in [0.29, 0.717) is 24.3 Å². The minimum absolute atomic E-state index is 0. The van der Waals surface area contributed by atoms with Crippen molar-refractivity contribution in [3.63, 3.8) is 0 Å². The van der Waals surface area contributed by atoms with Gasteiger partial charge < -0.3 is 4.90 Å². The Kier molecular flexibility index (Phi) is 9.49. The number of amides is 1. The second-order valence-corrected chi connectivity index (χ2v) is 10.6. The van der Waals surface area contributed by atoms with Crippen molar-refractivity contribution in [2.75, 3.05) is 45.2 Å². The van der Waals surface area contributed by atoms with Crippen LogP contribution in [-0.4, -0.2) is 68.8 Å². The van der Waals surface area contributed by atoms with Crippen LogP contribution in [0.3, 0.4) is 0 Å². The van der Waals surface area contributed by atoms with Gasteiger partial charge in [0, 0.05) is 37.8 Å². The van der Waals surface area contributed by atoms with Crippen LogP contribution in [0.1, 0.15) is 24.2 Å². The Morgan fingerprint density at radius 2 is 1.65 bits per heavy atom. The van der Waals surface area contributed by atoms with Gasteiger partial charge >= 0.3 is 0 Å². The fourth-order valence-electron chi connectivity index (χ4n) is 3.28. The molecule has 0 saturated heterocycles. The first-order valence-electron chi connectivity index (χ1n) is 10.4. The summed E-state index contributed by atoms with van der Waals surface area (Å²) in [6.45, 7) is 4.96. The van der Waals surface area contributed by atoms with Gasteiger partial charge in [0.05, 0.1) is 9.60 Å². The molecule has 0 saturated carbocycles. The lowest BCUT2D eigenvalue weighted by Gasteiger charge is -2.22. The molecule has 1 aromatic heterocycles. The van der Waals surface area contributed by atoms with E-state index in [1.165, 1.54) is 39.5 Å². The Hall–Kier alpha value is -2.18. The largest absolute Gasteiger partial charge is 0.308 e. The number of carbonyl (C=O) groups excluding carboxylic acids is 1. The van der Waals surface area contributed by atoms with Crippen LogP contribution in [0, 0.1) is 11.6 Å². The van der Waals surface area contributed by atoms with Gasteiger partial charge in [-0.3, -0.25) is 9.69 Å². The van der Waals surface area contributed by atoms with E-state index in [9.17, 15) is 22.0 Å². The number of sulfonamides is 1. The highest BCUT2D eigenvalue weighted by Gasteiger charge is 2.25. The summed E-state index contributed by atoms with van der Waals surface area (Å²) >= 11 is 1.02. The van der Waals surface area contributed by atoms with Crippen molar-refractivity contribution in [1.82, 2.24) is 14.2 Å². The van der Waals surface area contributed by atoms with Crippen LogP contribution >= 0.6 is 23.7 Å². The van der Waals surface area contributed by atoms with Crippen LogP contribution in [-0.2, 0) is 10.0 Å². The molecule has 3 aromatic rings. The van der Waals surface area contributed by atoms with Crippen LogP contribution in [0.2, 0.25) is 0 Å². The highest BCUT2D eigenvalue weighted by Crippen LogP contribution is 2.32. The van der Waals surface area contributed by atoms with Crippen LogP contribution in [0.15, 0.2) is 41.3 Å². The molecule has 0 aliphatic carbocycles. The Labute approximate surface area is 208 Å². The zero-order valence-electron chi connectivity index (χ0n) is 19.3. The molecule has 0 aliphatic rings. The first kappa shape index (κ1) is 28.1. The van der Waals surface area contributed by atoms with Gasteiger partial charge in [0.15, 0.2) is 10.9 Å². The van der Waals surface area contributed by atoms with Crippen molar-refractivity contribution >= 4 is 55.0 Å². The molecule has 12 heteroatoms. The number of nitrogens with zero attached hydrogens (tertiary/aromatic N) is 4. The molecule has 3 rings (SSSR count). The molecule has 0 aliphatic heterocycles. The summed E-state index contributed by atoms with van der Waals surface area (Å²) in [5.74, 6) is -1.92. The standard InChI is InChI=1S/C22H26F2N4O3S2.ClH/c1-5-27(6-2)33(30,31)17-9-7-15(8-10-17)21(29)28(12-11-26(3)4)22-25-20-18(24)13-16(23)14-19(20)32-22;/h7-10,13-14H,5-6,11-12H2,1-4H3;1H. The number of fused-ring (bicyclic) bond motifs is 1. The molecule has 0 bridgehead atoms. The van der Waals surface area contributed by atoms with Crippen molar-refractivity contribution in [2.24, 2.45) is 0 Å². The first-order chi connectivity index (χ1) is 15.6. The Morgan fingerprint density at radius 1 is 1.03 bits per heavy atom. The third kappa shape index (κ3) is 5.89. The fourth-order valence-corrected chi connectivity index (χ4v) is 5.77. The molecule has 0 spiro atoms. The van der Waals surface area contributed by atoms with Crippen LogP contribution < -0.4 is 4.90 Å². The Morgan fingerprint density at radius 3 is 2.21 bits per heavy atom. The first-order valence-corrected chi connectivity index (χ1v) is 12.7. The van der Waals surface area contributed by atoms with Gasteiger partial charge in [0.1, 0.15) is 11.3 Å². The number of likely N-dealkylation sites (N-methyl/N-ethyl adjacent to an activating group) is 1. The molecule has 0 N–H and O–H groups in total. The fraction of sp³-hybridized carbons (Fsp3) is 0.364. The minimum atomic E-state index is -3.65. The molecule has 186 valence electrons. The van der Waals surface area contributed by atoms with Gasteiger partial charge in [-0.2, -0.15) is 4.31 Å². The highest BCUT2D eigenvalue weighted by molar-refractivity contribution is 7.89. The number of rotatable bonds is 9. The van der Waals surface area contributed by atoms with Crippen molar-refractivity contribution in [3.05, 3.63) is 53.6 Å². The lowest BCUT2D eigenvalue weighted by molar-refractivity contribution is 0.0985. The van der Waals surface area contributed by atoms with Gasteiger partial charge in [-0.15, -0.1) is 12.4 Å². The zero-order valence-corrected chi connectivity index (χ0v) is 21.7. The SMILES string of the molecule is CCN(CC)S(=O)(=O)c1ccc(C(=O)N(CCN(C)C)c2nc3c(F)cc(F)cc3s2)cc1.Cl. The summed E-state index contributed by atoms with van der Waals surface area (Å²) in [6.07, 6.45) is 0. The number of aromatic nitrogens is 1. The van der Waals surface area contributed by atoms with E-state index >= 15 is 0 Å². The third-order valence-corrected chi connectivity index (χ3v) is 8.18. The summed E-state index contributed by atoms with van der Waals surface area (Å²) in [4.78, 5) is 21.0. The van der Waals surface area contributed by atoms with Gasteiger partial charge in [-0.25, -0.2) is 22.2 Å². The molecule has 0 unspecified atom stereocenters. The van der Waals surface area contributed by atoms with Crippen LogP contribution in [0.25, 0.3) is 10.2 Å². The number of carbonyl (C=O) groups is 1. The molecule has 1 amide bonds. The summed E-state index contributed by atoms with van der Waals surface area (Å²) in [7, 11) is 0.0508. The molecule has 1 heterocycles. The number of hydrogen-bond acceptors (Lipinski definition) is 6. The Bertz CT molecular complexity index is 1250. The second kappa shape index (κ2) is 11.5. The van der Waals surface area contributed by atoms with Gasteiger partial charge in [-0.05, 0) is 44.4 Å². The molecular formula is C22H27ClF2N4O3S2. The second-order valence-electron chi connectivity index (χ2n) is 7.60. The predicted octanol–water partition coefficient (Wildman–Crippen LogP) is 4.24. The van der Waals surface area contributed by atoms with Gasteiger partial charge in [-0.1, -0.05) is 25.2 Å². The number of hydrogen-bond donors (Lipinski definition) is 0. The maximum atomic E-state index is 14.2. The molecule has 0 radical (unpaired) electrons. The summed E-state index contributed by atoms with van der Waals surface area (Å²) in [6, 6.07) is 7.65. The van der Waals surface area contributed by atoms with E-state index in [-0.39, 0.29) is 40.1 Å². The summed E-state index contributed by atoms with van der Waals surface area (Å²) in [5.41, 5.74) is 0.262. The normalized spacial score (nSPS) is 11.8. The smallest absolute Gasteiger partial charge is 0.260 e. The molecule has 2 aromatic carbocycles. The van der Waals surface area contributed by atoms with Crippen LogP contribution in [0.4, 0.5) is 13.9 Å². The number of benzene rings is 2. The Balaban J connectivity index is 0.00000408. The van der Waals surface area contributed by atoms with E-state index in [2.05, 4.69) is 4.98 Å². The molecule has 7 nitrogen and oxygen atoms in total. The van der Waals surface area contributed by atoms with E-state index in [1.54, 1.807) is 13.8 Å². The monoisotopic (exact) mass is 532 g/mol. The average Bonchev–Trinajstić information content (AvgIpc) is 3.18. The van der Waals surface area contributed by atoms with E-state index < -0.39 is 27.6 Å². The van der Waals surface area contributed by atoms with Gasteiger partial charge in [0.25, 0.3) is 5.91 Å². The average molecular weight is 533 g/mol. The number of anilines is 1. The minimum Gasteiger partial charge on any atom is -0.308 e. The number of halogens is 3. The summed E-state index contributed by atoms with van der Waals surface area (Å²) in [5, 5.41) is 0.237. The van der Waals surface area contributed by atoms with Crippen molar-refractivity contribution < 1.29 is 22.0 Å². The van der Waals surface area contributed by atoms with E-state index in [0.717, 1.165) is 17.4 Å². The van der Waals surface area contributed by atoms with Crippen LogP contribution in [0.5, 0.6) is 0 Å². The van der Waals surface area contributed by atoms with Crippen molar-refractivity contribution in [2.45, 2.75) is 18.7 Å². The molecule has 0 fully saturated rings. The zero-order chi connectivity index (χ0) is 24.3. The van der Waals surface area contributed by atoms with Crippen molar-refractivity contribution in [3.8, 4) is 0 Å². The molecule has 0 atom stereocenters. The quantitative estimate of drug-likeness (QED) is 0.412. The maximum absolute atomic E-state index is 14.2.